The van der Waals surface area contributed by atoms with Crippen molar-refractivity contribution in [2.24, 2.45) is 24.4 Å². The number of hydrogen-bond acceptors (Lipinski definition) is 3. The molecule has 4 N–H and O–H groups in total. The second kappa shape index (κ2) is 6.18. The van der Waals surface area contributed by atoms with Gasteiger partial charge in [-0.05, 0) is 30.9 Å². The SMILES string of the molecule is Cn1c(C(N)=O)cc2c1CN(C(=O)[C@H]1CCCN(C(N)=O)C1)CC2. The minimum atomic E-state index is -0.470. The molecule has 0 aliphatic carbocycles. The van der Waals surface area contributed by atoms with E-state index in [-0.39, 0.29) is 11.8 Å². The lowest BCUT2D eigenvalue weighted by Gasteiger charge is -2.35. The quantitative estimate of drug-likeness (QED) is 0.781. The first-order chi connectivity index (χ1) is 11.4. The third-order valence-electron chi connectivity index (χ3n) is 5.09. The highest BCUT2D eigenvalue weighted by Crippen LogP contribution is 2.26. The number of hydrogen-bond donors (Lipinski definition) is 2. The molecule has 0 bridgehead atoms. The van der Waals surface area contributed by atoms with E-state index in [1.165, 1.54) is 4.90 Å². The van der Waals surface area contributed by atoms with Gasteiger partial charge in [-0.25, -0.2) is 4.79 Å². The van der Waals surface area contributed by atoms with Crippen LogP contribution >= 0.6 is 0 Å². The molecule has 24 heavy (non-hydrogen) atoms. The summed E-state index contributed by atoms with van der Waals surface area (Å²) in [6.45, 7) is 2.08. The summed E-state index contributed by atoms with van der Waals surface area (Å²) in [6.07, 6.45) is 2.26. The average Bonchev–Trinajstić information content (AvgIpc) is 2.91. The molecule has 1 fully saturated rings. The summed E-state index contributed by atoms with van der Waals surface area (Å²) in [6, 6.07) is 1.34. The zero-order valence-electron chi connectivity index (χ0n) is 13.8. The van der Waals surface area contributed by atoms with Gasteiger partial charge in [0.15, 0.2) is 0 Å². The Hall–Kier alpha value is -2.51. The maximum atomic E-state index is 12.8. The van der Waals surface area contributed by atoms with Crippen LogP contribution in [0.25, 0.3) is 0 Å². The van der Waals surface area contributed by atoms with Crippen molar-refractivity contribution >= 4 is 17.8 Å². The van der Waals surface area contributed by atoms with Crippen LogP contribution in [0.2, 0.25) is 0 Å². The highest BCUT2D eigenvalue weighted by atomic mass is 16.2. The van der Waals surface area contributed by atoms with E-state index in [0.29, 0.717) is 38.3 Å². The van der Waals surface area contributed by atoms with Gasteiger partial charge >= 0.3 is 6.03 Å². The molecule has 2 aliphatic rings. The number of piperidine rings is 1. The molecule has 0 aromatic carbocycles. The van der Waals surface area contributed by atoms with Crippen LogP contribution < -0.4 is 11.5 Å². The van der Waals surface area contributed by atoms with Gasteiger partial charge in [-0.1, -0.05) is 0 Å². The first-order valence-electron chi connectivity index (χ1n) is 8.19. The van der Waals surface area contributed by atoms with Crippen molar-refractivity contribution in [1.82, 2.24) is 14.4 Å². The number of primary amides is 2. The molecule has 0 radical (unpaired) electrons. The fourth-order valence-electron chi connectivity index (χ4n) is 3.71. The lowest BCUT2D eigenvalue weighted by molar-refractivity contribution is -0.138. The fourth-order valence-corrected chi connectivity index (χ4v) is 3.71. The molecule has 8 heteroatoms. The van der Waals surface area contributed by atoms with Crippen LogP contribution in [0.3, 0.4) is 0 Å². The molecule has 0 unspecified atom stereocenters. The Morgan fingerprint density at radius 2 is 1.92 bits per heavy atom. The van der Waals surface area contributed by atoms with Crippen molar-refractivity contribution in [3.05, 3.63) is 23.0 Å². The Kier molecular flexibility index (Phi) is 4.21. The largest absolute Gasteiger partial charge is 0.364 e. The van der Waals surface area contributed by atoms with Crippen LogP contribution in [-0.4, -0.2) is 51.8 Å². The fraction of sp³-hybridized carbons (Fsp3) is 0.562. The van der Waals surface area contributed by atoms with Crippen molar-refractivity contribution in [1.29, 1.82) is 0 Å². The summed E-state index contributed by atoms with van der Waals surface area (Å²) in [5.74, 6) is -0.619. The Bertz CT molecular complexity index is 696. The highest BCUT2D eigenvalue weighted by Gasteiger charge is 2.33. The molecule has 0 saturated carbocycles. The number of nitrogens with two attached hydrogens (primary N) is 2. The molecule has 4 amide bonds. The minimum Gasteiger partial charge on any atom is -0.364 e. The first-order valence-corrected chi connectivity index (χ1v) is 8.19. The van der Waals surface area contributed by atoms with Crippen molar-refractivity contribution in [2.75, 3.05) is 19.6 Å². The van der Waals surface area contributed by atoms with Gasteiger partial charge < -0.3 is 25.8 Å². The number of nitrogens with zero attached hydrogens (tertiary/aromatic N) is 3. The van der Waals surface area contributed by atoms with Crippen LogP contribution in [0.1, 0.15) is 34.6 Å². The number of aromatic nitrogens is 1. The molecule has 1 aromatic rings. The second-order valence-corrected chi connectivity index (χ2v) is 6.56. The second-order valence-electron chi connectivity index (χ2n) is 6.56. The molecule has 1 atom stereocenters. The van der Waals surface area contributed by atoms with Gasteiger partial charge in [0.2, 0.25) is 5.91 Å². The van der Waals surface area contributed by atoms with E-state index in [9.17, 15) is 14.4 Å². The van der Waals surface area contributed by atoms with Gasteiger partial charge in [-0.3, -0.25) is 9.59 Å². The van der Waals surface area contributed by atoms with E-state index in [0.717, 1.165) is 24.1 Å². The molecule has 3 rings (SSSR count). The molecule has 3 heterocycles. The molecular formula is C16H23N5O3. The van der Waals surface area contributed by atoms with Crippen molar-refractivity contribution in [3.8, 4) is 0 Å². The van der Waals surface area contributed by atoms with Crippen molar-refractivity contribution < 1.29 is 14.4 Å². The number of likely N-dealkylation sites (tertiary alicyclic amines) is 1. The highest BCUT2D eigenvalue weighted by molar-refractivity contribution is 5.92. The smallest absolute Gasteiger partial charge is 0.314 e. The third kappa shape index (κ3) is 2.83. The molecule has 8 nitrogen and oxygen atoms in total. The average molecular weight is 333 g/mol. The Morgan fingerprint density at radius 3 is 2.58 bits per heavy atom. The van der Waals surface area contributed by atoms with Gasteiger partial charge in [-0.15, -0.1) is 0 Å². The number of carbonyl (C=O) groups excluding carboxylic acids is 3. The van der Waals surface area contributed by atoms with E-state index < -0.39 is 11.9 Å². The van der Waals surface area contributed by atoms with Crippen LogP contribution in [-0.2, 0) is 24.8 Å². The predicted octanol–water partition coefficient (Wildman–Crippen LogP) is -0.201. The summed E-state index contributed by atoms with van der Waals surface area (Å²) in [4.78, 5) is 39.0. The summed E-state index contributed by atoms with van der Waals surface area (Å²) in [5.41, 5.74) is 13.2. The summed E-state index contributed by atoms with van der Waals surface area (Å²) in [7, 11) is 1.79. The van der Waals surface area contributed by atoms with Crippen LogP contribution in [0.4, 0.5) is 4.79 Å². The number of carbonyl (C=O) groups is 3. The van der Waals surface area contributed by atoms with Crippen LogP contribution in [0.5, 0.6) is 0 Å². The van der Waals surface area contributed by atoms with Crippen LogP contribution in [0.15, 0.2) is 6.07 Å². The minimum absolute atomic E-state index is 0.0495. The number of rotatable bonds is 2. The zero-order valence-corrected chi connectivity index (χ0v) is 13.8. The molecule has 1 saturated heterocycles. The molecule has 2 aliphatic heterocycles. The van der Waals surface area contributed by atoms with Crippen LogP contribution in [0, 0.1) is 5.92 Å². The number of fused-ring (bicyclic) bond motifs is 1. The van der Waals surface area contributed by atoms with E-state index in [1.54, 1.807) is 11.6 Å². The predicted molar refractivity (Wildman–Crippen MR) is 86.9 cm³/mol. The topological polar surface area (TPSA) is 115 Å². The molecule has 0 spiro atoms. The van der Waals surface area contributed by atoms with Gasteiger partial charge in [0.25, 0.3) is 5.91 Å². The Morgan fingerprint density at radius 1 is 1.17 bits per heavy atom. The lowest BCUT2D eigenvalue weighted by atomic mass is 9.95. The summed E-state index contributed by atoms with van der Waals surface area (Å²) >= 11 is 0. The van der Waals surface area contributed by atoms with Gasteiger partial charge in [0.1, 0.15) is 5.69 Å². The summed E-state index contributed by atoms with van der Waals surface area (Å²) in [5, 5.41) is 0. The third-order valence-corrected chi connectivity index (χ3v) is 5.09. The lowest BCUT2D eigenvalue weighted by Crippen LogP contribution is -2.49. The Labute approximate surface area is 140 Å². The van der Waals surface area contributed by atoms with Gasteiger partial charge in [0, 0.05) is 32.4 Å². The normalized spacial score (nSPS) is 20.6. The zero-order chi connectivity index (χ0) is 17.4. The summed E-state index contributed by atoms with van der Waals surface area (Å²) < 4.78 is 1.77. The number of amides is 4. The monoisotopic (exact) mass is 333 g/mol. The molecule has 130 valence electrons. The van der Waals surface area contributed by atoms with Gasteiger partial charge in [-0.2, -0.15) is 0 Å². The maximum absolute atomic E-state index is 12.8. The first kappa shape index (κ1) is 16.4. The van der Waals surface area contributed by atoms with E-state index in [2.05, 4.69) is 0 Å². The van der Waals surface area contributed by atoms with E-state index >= 15 is 0 Å². The number of urea groups is 1. The van der Waals surface area contributed by atoms with E-state index in [1.807, 2.05) is 11.0 Å². The van der Waals surface area contributed by atoms with Gasteiger partial charge in [0.05, 0.1) is 12.5 Å². The maximum Gasteiger partial charge on any atom is 0.314 e. The van der Waals surface area contributed by atoms with Crippen molar-refractivity contribution in [3.63, 3.8) is 0 Å². The Balaban J connectivity index is 1.74. The standard InChI is InChI=1S/C16H23N5O3/c1-19-12(14(17)22)7-10-4-6-20(9-13(10)19)15(23)11-3-2-5-21(8-11)16(18)24/h7,11H,2-6,8-9H2,1H3,(H2,17,22)(H2,18,24)/t11-/m0/s1. The van der Waals surface area contributed by atoms with E-state index in [4.69, 9.17) is 11.5 Å². The molecule has 1 aromatic heterocycles. The molecular weight excluding hydrogens is 310 g/mol. The van der Waals surface area contributed by atoms with Crippen molar-refractivity contribution in [2.45, 2.75) is 25.8 Å².